The number of thiophene rings is 1. The van der Waals surface area contributed by atoms with Crippen molar-refractivity contribution in [3.05, 3.63) is 55.4 Å². The van der Waals surface area contributed by atoms with Crippen molar-refractivity contribution in [2.24, 2.45) is 0 Å². The van der Waals surface area contributed by atoms with E-state index in [1.807, 2.05) is 0 Å². The van der Waals surface area contributed by atoms with Crippen molar-refractivity contribution in [3.8, 4) is 11.5 Å². The van der Waals surface area contributed by atoms with Crippen LogP contribution in [0.3, 0.4) is 0 Å². The molecule has 0 atom stereocenters. The molecule has 0 saturated carbocycles. The van der Waals surface area contributed by atoms with E-state index in [1.165, 1.54) is 20.3 Å². The summed E-state index contributed by atoms with van der Waals surface area (Å²) >= 11 is 0.999. The van der Waals surface area contributed by atoms with Gasteiger partial charge in [0.15, 0.2) is 0 Å². The number of nitrogens with zero attached hydrogens (tertiary/aromatic N) is 1. The number of ether oxygens (including phenoxy) is 2. The first-order valence-electron chi connectivity index (χ1n) is 8.12. The molecule has 11 nitrogen and oxygen atoms in total. The van der Waals surface area contributed by atoms with E-state index < -0.39 is 23.1 Å². The van der Waals surface area contributed by atoms with Crippen LogP contribution >= 0.6 is 11.3 Å². The fourth-order valence-electron chi connectivity index (χ4n) is 2.34. The molecule has 2 amide bonds. The number of carboxylic acids is 1. The molecule has 0 fully saturated rings. The van der Waals surface area contributed by atoms with Crippen LogP contribution in [0.25, 0.3) is 0 Å². The number of anilines is 2. The molecule has 0 aliphatic carbocycles. The molecule has 0 spiro atoms. The molecule has 0 aliphatic rings. The molecule has 0 aliphatic heterocycles. The Morgan fingerprint density at radius 1 is 1.14 bits per heavy atom. The second-order valence-electron chi connectivity index (χ2n) is 5.69. The molecule has 4 N–H and O–H groups in total. The number of rotatable bonds is 8. The van der Waals surface area contributed by atoms with Gasteiger partial charge in [0.2, 0.25) is 0 Å². The highest BCUT2D eigenvalue weighted by atomic mass is 32.1. The number of amides is 2. The third-order valence-corrected chi connectivity index (χ3v) is 4.89. The van der Waals surface area contributed by atoms with E-state index in [0.29, 0.717) is 26.7 Å². The minimum absolute atomic E-state index is 0.0266. The molecular formula is C17H16N4O7S. The van der Waals surface area contributed by atoms with Gasteiger partial charge >= 0.3 is 23.1 Å². The zero-order valence-corrected chi connectivity index (χ0v) is 16.1. The molecule has 2 aromatic heterocycles. The predicted molar refractivity (Wildman–Crippen MR) is 105 cm³/mol. The van der Waals surface area contributed by atoms with Crippen LogP contribution in [0.15, 0.2) is 33.9 Å². The van der Waals surface area contributed by atoms with Gasteiger partial charge in [0.05, 0.1) is 32.0 Å². The number of carbonyl (C=O) groups excluding carboxylic acids is 1. The zero-order valence-electron chi connectivity index (χ0n) is 15.3. The third-order valence-electron chi connectivity index (χ3n) is 3.85. The number of carbonyl (C=O) groups is 2. The Morgan fingerprint density at radius 2 is 1.86 bits per heavy atom. The summed E-state index contributed by atoms with van der Waals surface area (Å²) in [5.74, 6) is -0.261. The third kappa shape index (κ3) is 4.38. The highest BCUT2D eigenvalue weighted by molar-refractivity contribution is 7.16. The smallest absolute Gasteiger partial charge is 0.340 e. The first-order chi connectivity index (χ1) is 13.8. The highest BCUT2D eigenvalue weighted by Gasteiger charge is 2.22. The van der Waals surface area contributed by atoms with Crippen molar-refractivity contribution in [2.45, 2.75) is 6.54 Å². The Morgan fingerprint density at radius 3 is 2.45 bits per heavy atom. The molecule has 152 valence electrons. The Hall–Kier alpha value is -3.80. The van der Waals surface area contributed by atoms with E-state index in [-0.39, 0.29) is 17.1 Å². The van der Waals surface area contributed by atoms with Crippen LogP contribution in [0.1, 0.15) is 15.2 Å². The first-order valence-corrected chi connectivity index (χ1v) is 8.93. The van der Waals surface area contributed by atoms with E-state index in [9.17, 15) is 24.3 Å². The average molecular weight is 420 g/mol. The Labute approximate surface area is 167 Å². The molecule has 12 heteroatoms. The van der Waals surface area contributed by atoms with Crippen LogP contribution in [0.5, 0.6) is 11.5 Å². The summed E-state index contributed by atoms with van der Waals surface area (Å²) in [5, 5.41) is 14.6. The summed E-state index contributed by atoms with van der Waals surface area (Å²) in [4.78, 5) is 46.2. The minimum Gasteiger partial charge on any atom is -0.497 e. The number of benzene rings is 1. The van der Waals surface area contributed by atoms with Gasteiger partial charge in [-0.3, -0.25) is 15.0 Å². The fraction of sp³-hybridized carbons (Fsp3) is 0.176. The number of aromatic carboxylic acids is 1. The summed E-state index contributed by atoms with van der Waals surface area (Å²) in [7, 11) is 2.97. The Kier molecular flexibility index (Phi) is 5.54. The van der Waals surface area contributed by atoms with Gasteiger partial charge in [0, 0.05) is 10.9 Å². The quantitative estimate of drug-likeness (QED) is 0.395. The molecule has 0 saturated heterocycles. The van der Waals surface area contributed by atoms with E-state index in [0.717, 1.165) is 11.3 Å². The van der Waals surface area contributed by atoms with Crippen LogP contribution in [-0.4, -0.2) is 36.0 Å². The fourth-order valence-corrected chi connectivity index (χ4v) is 3.32. The van der Waals surface area contributed by atoms with E-state index >= 15 is 0 Å². The molecule has 1 aromatic carbocycles. The lowest BCUT2D eigenvalue weighted by Gasteiger charge is -2.12. The summed E-state index contributed by atoms with van der Waals surface area (Å²) in [6, 6.07) is 5.70. The molecule has 3 aromatic rings. The summed E-state index contributed by atoms with van der Waals surface area (Å²) in [6.45, 7) is 0.0266. The Balaban J connectivity index is 1.66. The maximum Gasteiger partial charge on any atom is 0.340 e. The van der Waals surface area contributed by atoms with Crippen molar-refractivity contribution in [3.63, 3.8) is 0 Å². The second kappa shape index (κ2) is 8.06. The number of aromatic nitrogens is 1. The lowest BCUT2D eigenvalue weighted by atomic mass is 10.2. The molecule has 3 rings (SSSR count). The maximum atomic E-state index is 12.2. The van der Waals surface area contributed by atoms with Crippen LogP contribution in [0.4, 0.5) is 15.5 Å². The standard InChI is InChI=1S/C17H16N4O7S/c1-27-8-3-4-11(12(5-8)28-2)19-17(26)18-7-9-6-10(16(24)25)13(29-9)20-21-14(22)15(21)23/h3-6,20H,7H2,1-2H3,(H,24,25)(H2,18,19,26). The van der Waals surface area contributed by atoms with E-state index in [2.05, 4.69) is 16.1 Å². The lowest BCUT2D eigenvalue weighted by molar-refractivity contribution is 0.0698. The highest BCUT2D eigenvalue weighted by Crippen LogP contribution is 2.30. The van der Waals surface area contributed by atoms with Crippen LogP contribution in [0, 0.1) is 0 Å². The van der Waals surface area contributed by atoms with Gasteiger partial charge in [-0.05, 0) is 18.2 Å². The van der Waals surface area contributed by atoms with Gasteiger partial charge in [-0.15, -0.1) is 11.3 Å². The molecular weight excluding hydrogens is 404 g/mol. The number of carboxylic acid groups (broad SMARTS) is 1. The van der Waals surface area contributed by atoms with Gasteiger partial charge < -0.3 is 25.2 Å². The number of hydrogen-bond donors (Lipinski definition) is 4. The number of urea groups is 1. The van der Waals surface area contributed by atoms with Crippen molar-refractivity contribution < 1.29 is 24.2 Å². The minimum atomic E-state index is -1.23. The summed E-state index contributed by atoms with van der Waals surface area (Å²) in [6.07, 6.45) is 0. The zero-order chi connectivity index (χ0) is 21.1. The van der Waals surface area contributed by atoms with Crippen molar-refractivity contribution in [2.75, 3.05) is 25.0 Å². The average Bonchev–Trinajstić information content (AvgIpc) is 3.08. The normalized spacial score (nSPS) is 10.6. The predicted octanol–water partition coefficient (Wildman–Crippen LogP) is 1.06. The number of nitrogens with one attached hydrogen (secondary N) is 3. The number of hydrogen-bond acceptors (Lipinski definition) is 8. The SMILES string of the molecule is COc1ccc(NC(=O)NCc2cc(C(=O)O)c(Nn3c(=O)c3=O)s2)c(OC)c1. The van der Waals surface area contributed by atoms with E-state index in [4.69, 9.17) is 9.47 Å². The van der Waals surface area contributed by atoms with Gasteiger partial charge in [0.1, 0.15) is 16.5 Å². The monoisotopic (exact) mass is 420 g/mol. The van der Waals surface area contributed by atoms with Crippen molar-refractivity contribution in [1.29, 1.82) is 0 Å². The maximum absolute atomic E-state index is 12.2. The van der Waals surface area contributed by atoms with Crippen molar-refractivity contribution in [1.82, 2.24) is 9.99 Å². The summed E-state index contributed by atoms with van der Waals surface area (Å²) < 4.78 is 11.0. The van der Waals surface area contributed by atoms with Gasteiger partial charge in [0.25, 0.3) is 0 Å². The molecule has 0 radical (unpaired) electrons. The Bertz CT molecular complexity index is 1120. The molecule has 0 unspecified atom stereocenters. The largest absolute Gasteiger partial charge is 0.497 e. The first kappa shape index (κ1) is 19.9. The van der Waals surface area contributed by atoms with Gasteiger partial charge in [-0.25, -0.2) is 9.59 Å². The summed E-state index contributed by atoms with van der Waals surface area (Å²) in [5.41, 5.74) is 1.26. The molecule has 0 bridgehead atoms. The van der Waals surface area contributed by atoms with Gasteiger partial charge in [-0.1, -0.05) is 0 Å². The lowest BCUT2D eigenvalue weighted by Crippen LogP contribution is -2.28. The molecule has 2 heterocycles. The van der Waals surface area contributed by atoms with Crippen LogP contribution in [-0.2, 0) is 6.54 Å². The molecule has 29 heavy (non-hydrogen) atoms. The van der Waals surface area contributed by atoms with Crippen molar-refractivity contribution >= 4 is 34.0 Å². The van der Waals surface area contributed by atoms with Crippen LogP contribution in [0.2, 0.25) is 0 Å². The van der Waals surface area contributed by atoms with Crippen LogP contribution < -0.4 is 36.7 Å². The topological polar surface area (TPSA) is 148 Å². The number of methoxy groups -OCH3 is 2. The van der Waals surface area contributed by atoms with Gasteiger partial charge in [-0.2, -0.15) is 4.68 Å². The van der Waals surface area contributed by atoms with E-state index in [1.54, 1.807) is 18.2 Å². The second-order valence-corrected chi connectivity index (χ2v) is 6.83.